The number of carbonyl (C=O) groups excluding carboxylic acids is 2. The van der Waals surface area contributed by atoms with E-state index in [4.69, 9.17) is 4.74 Å². The Bertz CT molecular complexity index is 1010. The third-order valence-corrected chi connectivity index (χ3v) is 3.95. The summed E-state index contributed by atoms with van der Waals surface area (Å²) >= 11 is 0. The average Bonchev–Trinajstić information content (AvgIpc) is 2.67. The van der Waals surface area contributed by atoms with E-state index in [2.05, 4.69) is 20.6 Å². The number of amides is 1. The molecule has 0 aliphatic carbocycles. The van der Waals surface area contributed by atoms with Gasteiger partial charge in [-0.15, -0.1) is 0 Å². The van der Waals surface area contributed by atoms with Gasteiger partial charge in [0.15, 0.2) is 0 Å². The maximum Gasteiger partial charge on any atom is 0.339 e. The number of aryl methyl sites for hydroxylation is 2. The largest absolute Gasteiger partial charge is 0.465 e. The van der Waals surface area contributed by atoms with Crippen molar-refractivity contribution in [3.05, 3.63) is 77.1 Å². The van der Waals surface area contributed by atoms with Crippen LogP contribution in [-0.2, 0) is 4.74 Å². The Kier molecular flexibility index (Phi) is 5.64. The smallest absolute Gasteiger partial charge is 0.339 e. The van der Waals surface area contributed by atoms with Crippen molar-refractivity contribution in [3.8, 4) is 0 Å². The minimum atomic E-state index is -0.480. The SMILES string of the molecule is COC(=O)c1ccccc1Nc1nccc(C(=O)Nc2cc(C)cc(C)c2)n1. The maximum atomic E-state index is 12.6. The van der Waals surface area contributed by atoms with Gasteiger partial charge in [0.2, 0.25) is 5.95 Å². The van der Waals surface area contributed by atoms with Gasteiger partial charge in [-0.1, -0.05) is 18.2 Å². The molecule has 0 spiro atoms. The second-order valence-corrected chi connectivity index (χ2v) is 6.26. The number of nitrogens with one attached hydrogen (secondary N) is 2. The third-order valence-electron chi connectivity index (χ3n) is 3.95. The highest BCUT2D eigenvalue weighted by molar-refractivity contribution is 6.03. The molecule has 0 aliphatic heterocycles. The molecular formula is C21H20N4O3. The van der Waals surface area contributed by atoms with Crippen LogP contribution in [0, 0.1) is 13.8 Å². The number of ether oxygens (including phenoxy) is 1. The quantitative estimate of drug-likeness (QED) is 0.657. The van der Waals surface area contributed by atoms with Crippen molar-refractivity contribution < 1.29 is 14.3 Å². The van der Waals surface area contributed by atoms with Crippen molar-refractivity contribution in [2.45, 2.75) is 13.8 Å². The van der Waals surface area contributed by atoms with Gasteiger partial charge >= 0.3 is 5.97 Å². The van der Waals surface area contributed by atoms with E-state index >= 15 is 0 Å². The first-order valence-electron chi connectivity index (χ1n) is 8.63. The molecule has 0 saturated heterocycles. The van der Waals surface area contributed by atoms with Crippen LogP contribution in [0.1, 0.15) is 32.0 Å². The Morgan fingerprint density at radius 2 is 1.71 bits per heavy atom. The Labute approximate surface area is 162 Å². The van der Waals surface area contributed by atoms with Gasteiger partial charge in [-0.2, -0.15) is 0 Å². The highest BCUT2D eigenvalue weighted by Gasteiger charge is 2.14. The van der Waals surface area contributed by atoms with E-state index in [-0.39, 0.29) is 17.5 Å². The van der Waals surface area contributed by atoms with Crippen LogP contribution >= 0.6 is 0 Å². The maximum absolute atomic E-state index is 12.6. The molecule has 1 aromatic heterocycles. The van der Waals surface area contributed by atoms with Crippen LogP contribution in [0.4, 0.5) is 17.3 Å². The normalized spacial score (nSPS) is 10.2. The summed E-state index contributed by atoms with van der Waals surface area (Å²) in [6, 6.07) is 14.2. The number of rotatable bonds is 5. The van der Waals surface area contributed by atoms with Crippen molar-refractivity contribution in [3.63, 3.8) is 0 Å². The van der Waals surface area contributed by atoms with Crippen molar-refractivity contribution in [2.75, 3.05) is 17.7 Å². The number of nitrogens with zero attached hydrogens (tertiary/aromatic N) is 2. The lowest BCUT2D eigenvalue weighted by atomic mass is 10.1. The molecule has 2 N–H and O–H groups in total. The molecule has 3 rings (SSSR count). The Balaban J connectivity index is 1.81. The fourth-order valence-electron chi connectivity index (χ4n) is 2.79. The average molecular weight is 376 g/mol. The predicted octanol–water partition coefficient (Wildman–Crippen LogP) is 3.88. The molecule has 1 heterocycles. The molecule has 1 amide bonds. The fourth-order valence-corrected chi connectivity index (χ4v) is 2.79. The van der Waals surface area contributed by atoms with Crippen LogP contribution in [0.3, 0.4) is 0 Å². The van der Waals surface area contributed by atoms with E-state index in [0.717, 1.165) is 11.1 Å². The summed E-state index contributed by atoms with van der Waals surface area (Å²) in [7, 11) is 1.31. The number of esters is 1. The first-order chi connectivity index (χ1) is 13.5. The molecule has 0 unspecified atom stereocenters. The molecule has 0 fully saturated rings. The van der Waals surface area contributed by atoms with Crippen molar-refractivity contribution in [2.24, 2.45) is 0 Å². The molecule has 28 heavy (non-hydrogen) atoms. The lowest BCUT2D eigenvalue weighted by molar-refractivity contribution is 0.0601. The molecule has 0 bridgehead atoms. The summed E-state index contributed by atoms with van der Waals surface area (Å²) in [5, 5.41) is 5.80. The molecular weight excluding hydrogens is 356 g/mol. The van der Waals surface area contributed by atoms with Gasteiger partial charge in [-0.05, 0) is 55.3 Å². The number of hydrogen-bond donors (Lipinski definition) is 2. The van der Waals surface area contributed by atoms with E-state index in [1.807, 2.05) is 32.0 Å². The Morgan fingerprint density at radius 1 is 1.00 bits per heavy atom. The van der Waals surface area contributed by atoms with Crippen LogP contribution in [-0.4, -0.2) is 29.0 Å². The van der Waals surface area contributed by atoms with Crippen molar-refractivity contribution >= 4 is 29.2 Å². The van der Waals surface area contributed by atoms with Crippen molar-refractivity contribution in [1.29, 1.82) is 0 Å². The van der Waals surface area contributed by atoms with Gasteiger partial charge in [-0.25, -0.2) is 14.8 Å². The van der Waals surface area contributed by atoms with Gasteiger partial charge in [0.1, 0.15) is 5.69 Å². The van der Waals surface area contributed by atoms with Gasteiger partial charge in [0.25, 0.3) is 5.91 Å². The number of para-hydroxylation sites is 1. The number of aromatic nitrogens is 2. The summed E-state index contributed by atoms with van der Waals surface area (Å²) in [4.78, 5) is 32.8. The summed E-state index contributed by atoms with van der Waals surface area (Å²) in [5.41, 5.74) is 3.85. The van der Waals surface area contributed by atoms with Crippen LogP contribution < -0.4 is 10.6 Å². The van der Waals surface area contributed by atoms with Gasteiger partial charge in [-0.3, -0.25) is 4.79 Å². The van der Waals surface area contributed by atoms with E-state index in [9.17, 15) is 9.59 Å². The zero-order chi connectivity index (χ0) is 20.1. The molecule has 2 aromatic carbocycles. The molecule has 142 valence electrons. The summed E-state index contributed by atoms with van der Waals surface area (Å²) in [6.45, 7) is 3.93. The first kappa shape index (κ1) is 19.0. The molecule has 7 heteroatoms. The third kappa shape index (κ3) is 4.50. The number of anilines is 3. The molecule has 3 aromatic rings. The van der Waals surface area contributed by atoms with Crippen molar-refractivity contribution in [1.82, 2.24) is 9.97 Å². The molecule has 0 atom stereocenters. The minimum absolute atomic E-state index is 0.199. The number of carbonyl (C=O) groups is 2. The first-order valence-corrected chi connectivity index (χ1v) is 8.63. The van der Waals surface area contributed by atoms with Crippen LogP contribution in [0.2, 0.25) is 0 Å². The topological polar surface area (TPSA) is 93.2 Å². The molecule has 0 radical (unpaired) electrons. The number of hydrogen-bond acceptors (Lipinski definition) is 6. The second kappa shape index (κ2) is 8.30. The van der Waals surface area contributed by atoms with Gasteiger partial charge in [0, 0.05) is 11.9 Å². The standard InChI is InChI=1S/C21H20N4O3/c1-13-10-14(2)12-15(11-13)23-19(26)18-8-9-22-21(25-18)24-17-7-5-4-6-16(17)20(27)28-3/h4-12H,1-3H3,(H,23,26)(H,22,24,25). The Hall–Kier alpha value is -3.74. The fraction of sp³-hybridized carbons (Fsp3) is 0.143. The van der Waals surface area contributed by atoms with Crippen LogP contribution in [0.15, 0.2) is 54.7 Å². The van der Waals surface area contributed by atoms with Crippen LogP contribution in [0.25, 0.3) is 0 Å². The number of benzene rings is 2. The van der Waals surface area contributed by atoms with E-state index in [0.29, 0.717) is 16.9 Å². The van der Waals surface area contributed by atoms with E-state index in [1.54, 1.807) is 24.3 Å². The second-order valence-electron chi connectivity index (χ2n) is 6.26. The molecule has 0 saturated carbocycles. The lowest BCUT2D eigenvalue weighted by Gasteiger charge is -2.10. The van der Waals surface area contributed by atoms with E-state index < -0.39 is 5.97 Å². The highest BCUT2D eigenvalue weighted by atomic mass is 16.5. The minimum Gasteiger partial charge on any atom is -0.465 e. The number of methoxy groups -OCH3 is 1. The molecule has 7 nitrogen and oxygen atoms in total. The Morgan fingerprint density at radius 3 is 2.43 bits per heavy atom. The zero-order valence-corrected chi connectivity index (χ0v) is 15.8. The molecule has 0 aliphatic rings. The summed E-state index contributed by atoms with van der Waals surface area (Å²) in [5.74, 6) is -0.632. The van der Waals surface area contributed by atoms with Gasteiger partial charge < -0.3 is 15.4 Å². The summed E-state index contributed by atoms with van der Waals surface area (Å²) in [6.07, 6.45) is 1.48. The zero-order valence-electron chi connectivity index (χ0n) is 15.8. The van der Waals surface area contributed by atoms with Gasteiger partial charge in [0.05, 0.1) is 18.4 Å². The van der Waals surface area contributed by atoms with E-state index in [1.165, 1.54) is 19.4 Å². The van der Waals surface area contributed by atoms with Crippen LogP contribution in [0.5, 0.6) is 0 Å². The lowest BCUT2D eigenvalue weighted by Crippen LogP contribution is -2.15. The monoisotopic (exact) mass is 376 g/mol. The highest BCUT2D eigenvalue weighted by Crippen LogP contribution is 2.20. The summed E-state index contributed by atoms with van der Waals surface area (Å²) < 4.78 is 4.78. The predicted molar refractivity (Wildman–Crippen MR) is 107 cm³/mol.